The molecule has 1 aliphatic rings. The maximum Gasteiger partial charge on any atom is 0.217 e. The first-order chi connectivity index (χ1) is 14.4. The number of amides is 1. The summed E-state index contributed by atoms with van der Waals surface area (Å²) in [5.74, 6) is -1.62. The molecule has 0 bridgehead atoms. The van der Waals surface area contributed by atoms with E-state index in [0.29, 0.717) is 5.56 Å². The van der Waals surface area contributed by atoms with Crippen LogP contribution in [-0.4, -0.2) is 35.2 Å². The molecule has 2 aromatic carbocycles. The smallest absolute Gasteiger partial charge is 0.217 e. The van der Waals surface area contributed by atoms with E-state index in [2.05, 4.69) is 22.8 Å². The molecule has 0 radical (unpaired) electrons. The van der Waals surface area contributed by atoms with E-state index in [4.69, 9.17) is 0 Å². The molecule has 4 atom stereocenters. The van der Waals surface area contributed by atoms with Crippen LogP contribution in [0.3, 0.4) is 0 Å². The van der Waals surface area contributed by atoms with E-state index in [-0.39, 0.29) is 24.4 Å². The molecule has 6 heteroatoms. The minimum absolute atomic E-state index is 0.155. The topological polar surface area (TPSA) is 61.4 Å². The second kappa shape index (κ2) is 10.6. The molecule has 1 heterocycles. The van der Waals surface area contributed by atoms with E-state index in [9.17, 15) is 18.7 Å². The van der Waals surface area contributed by atoms with Crippen molar-refractivity contribution in [2.75, 3.05) is 0 Å². The predicted octanol–water partition coefficient (Wildman–Crippen LogP) is 3.52. The molecule has 0 saturated carbocycles. The van der Waals surface area contributed by atoms with E-state index in [1.165, 1.54) is 24.6 Å². The highest BCUT2D eigenvalue weighted by molar-refractivity contribution is 5.73. The number of nitrogens with one attached hydrogen (secondary N) is 2. The highest BCUT2D eigenvalue weighted by Crippen LogP contribution is 2.22. The summed E-state index contributed by atoms with van der Waals surface area (Å²) in [6.07, 6.45) is 4.02. The van der Waals surface area contributed by atoms with Gasteiger partial charge in [0.15, 0.2) is 0 Å². The van der Waals surface area contributed by atoms with Gasteiger partial charge >= 0.3 is 0 Å². The summed E-state index contributed by atoms with van der Waals surface area (Å²) < 4.78 is 27.1. The number of aryl methyl sites for hydroxylation is 1. The van der Waals surface area contributed by atoms with Crippen molar-refractivity contribution in [3.8, 4) is 0 Å². The molecule has 0 spiro atoms. The first-order valence-electron chi connectivity index (χ1n) is 10.6. The number of aliphatic hydroxyl groups is 1. The van der Waals surface area contributed by atoms with Crippen molar-refractivity contribution in [1.82, 2.24) is 10.6 Å². The van der Waals surface area contributed by atoms with Crippen molar-refractivity contribution in [1.29, 1.82) is 0 Å². The minimum atomic E-state index is -0.861. The van der Waals surface area contributed by atoms with Crippen molar-refractivity contribution in [3.05, 3.63) is 71.3 Å². The molecule has 30 heavy (non-hydrogen) atoms. The van der Waals surface area contributed by atoms with Crippen LogP contribution in [0.1, 0.15) is 43.7 Å². The van der Waals surface area contributed by atoms with Crippen molar-refractivity contribution in [2.24, 2.45) is 0 Å². The van der Waals surface area contributed by atoms with Crippen LogP contribution in [0.5, 0.6) is 0 Å². The molecule has 3 rings (SSSR count). The van der Waals surface area contributed by atoms with Crippen LogP contribution in [0.2, 0.25) is 0 Å². The summed E-state index contributed by atoms with van der Waals surface area (Å²) >= 11 is 0. The fourth-order valence-corrected chi connectivity index (χ4v) is 4.32. The molecule has 162 valence electrons. The summed E-state index contributed by atoms with van der Waals surface area (Å²) in [4.78, 5) is 11.7. The third-order valence-electron chi connectivity index (χ3n) is 5.73. The summed E-state index contributed by atoms with van der Waals surface area (Å²) in [6, 6.07) is 13.0. The van der Waals surface area contributed by atoms with Gasteiger partial charge < -0.3 is 15.7 Å². The van der Waals surface area contributed by atoms with Gasteiger partial charge in [0, 0.05) is 25.1 Å². The largest absolute Gasteiger partial charge is 0.389 e. The molecule has 1 aliphatic heterocycles. The van der Waals surface area contributed by atoms with E-state index >= 15 is 0 Å². The van der Waals surface area contributed by atoms with Gasteiger partial charge in [-0.05, 0) is 55.4 Å². The number of piperidine rings is 1. The fourth-order valence-electron chi connectivity index (χ4n) is 4.32. The average molecular weight is 417 g/mol. The Hall–Kier alpha value is -2.31. The zero-order valence-electron chi connectivity index (χ0n) is 17.3. The number of hydrogen-bond acceptors (Lipinski definition) is 3. The fraction of sp³-hybridized carbons (Fsp3) is 0.458. The highest BCUT2D eigenvalue weighted by atomic mass is 19.1. The lowest BCUT2D eigenvalue weighted by atomic mass is 9.87. The average Bonchev–Trinajstić information content (AvgIpc) is 2.71. The molecule has 4 unspecified atom stereocenters. The summed E-state index contributed by atoms with van der Waals surface area (Å²) in [7, 11) is 0. The van der Waals surface area contributed by atoms with Gasteiger partial charge in [-0.25, -0.2) is 8.78 Å². The lowest BCUT2D eigenvalue weighted by Gasteiger charge is -2.37. The van der Waals surface area contributed by atoms with E-state index < -0.39 is 23.8 Å². The zero-order chi connectivity index (χ0) is 21.5. The van der Waals surface area contributed by atoms with E-state index in [1.807, 2.05) is 18.2 Å². The van der Waals surface area contributed by atoms with Gasteiger partial charge in [-0.2, -0.15) is 0 Å². The van der Waals surface area contributed by atoms with Crippen molar-refractivity contribution in [3.63, 3.8) is 0 Å². The molecular weight excluding hydrogens is 386 g/mol. The molecule has 1 saturated heterocycles. The molecule has 2 aromatic rings. The maximum atomic E-state index is 13.6. The standard InChI is InChI=1S/C24H30F2N2O2/c1-16(29)27-23(14-18-12-19(25)15-20(26)13-18)24(30)22-9-5-8-21(28-22)11-10-17-6-3-2-4-7-17/h2-4,6-7,12-13,15,21-24,28,30H,5,8-11,14H2,1H3,(H,27,29). The number of benzene rings is 2. The van der Waals surface area contributed by atoms with Gasteiger partial charge in [-0.1, -0.05) is 36.8 Å². The van der Waals surface area contributed by atoms with Crippen LogP contribution < -0.4 is 10.6 Å². The summed E-state index contributed by atoms with van der Waals surface area (Å²) in [5, 5.41) is 17.3. The van der Waals surface area contributed by atoms with Crippen LogP contribution in [0.15, 0.2) is 48.5 Å². The van der Waals surface area contributed by atoms with Gasteiger partial charge in [0.2, 0.25) is 5.91 Å². The van der Waals surface area contributed by atoms with Gasteiger partial charge in [0.25, 0.3) is 0 Å². The Morgan fingerprint density at radius 2 is 1.83 bits per heavy atom. The zero-order valence-corrected chi connectivity index (χ0v) is 17.3. The Morgan fingerprint density at radius 1 is 1.13 bits per heavy atom. The van der Waals surface area contributed by atoms with Gasteiger partial charge in [-0.3, -0.25) is 4.79 Å². The highest BCUT2D eigenvalue weighted by Gasteiger charge is 2.32. The third kappa shape index (κ3) is 6.61. The second-order valence-corrected chi connectivity index (χ2v) is 8.20. The van der Waals surface area contributed by atoms with E-state index in [0.717, 1.165) is 38.2 Å². The van der Waals surface area contributed by atoms with Crippen LogP contribution >= 0.6 is 0 Å². The first kappa shape index (κ1) is 22.4. The number of halogens is 2. The lowest BCUT2D eigenvalue weighted by Crippen LogP contribution is -2.57. The van der Waals surface area contributed by atoms with Crippen LogP contribution in [-0.2, 0) is 17.6 Å². The molecule has 4 nitrogen and oxygen atoms in total. The SMILES string of the molecule is CC(=O)NC(Cc1cc(F)cc(F)c1)C(O)C1CCCC(CCc2ccccc2)N1. The molecule has 0 aromatic heterocycles. The van der Waals surface area contributed by atoms with Crippen LogP contribution in [0.25, 0.3) is 0 Å². The number of rotatable bonds is 8. The van der Waals surface area contributed by atoms with Crippen molar-refractivity contribution < 1.29 is 18.7 Å². The maximum absolute atomic E-state index is 13.6. The quantitative estimate of drug-likeness (QED) is 0.617. The summed E-state index contributed by atoms with van der Waals surface area (Å²) in [6.45, 7) is 1.38. The molecule has 1 fully saturated rings. The van der Waals surface area contributed by atoms with Crippen molar-refractivity contribution >= 4 is 5.91 Å². The predicted molar refractivity (Wildman–Crippen MR) is 113 cm³/mol. The first-order valence-corrected chi connectivity index (χ1v) is 10.6. The Kier molecular flexibility index (Phi) is 7.94. The Labute approximate surface area is 176 Å². The molecule has 0 aliphatic carbocycles. The number of carbonyl (C=O) groups is 1. The third-order valence-corrected chi connectivity index (χ3v) is 5.73. The molecule has 1 amide bonds. The van der Waals surface area contributed by atoms with Crippen LogP contribution in [0, 0.1) is 11.6 Å². The van der Waals surface area contributed by atoms with Crippen LogP contribution in [0.4, 0.5) is 8.78 Å². The molecule has 3 N–H and O–H groups in total. The normalized spacial score (nSPS) is 21.1. The van der Waals surface area contributed by atoms with E-state index in [1.54, 1.807) is 0 Å². The lowest BCUT2D eigenvalue weighted by molar-refractivity contribution is -0.120. The Morgan fingerprint density at radius 3 is 2.50 bits per heavy atom. The number of hydrogen-bond donors (Lipinski definition) is 3. The minimum Gasteiger partial charge on any atom is -0.389 e. The summed E-state index contributed by atoms with van der Waals surface area (Å²) in [5.41, 5.74) is 1.69. The molecular formula is C24H30F2N2O2. The number of aliphatic hydroxyl groups excluding tert-OH is 1. The Bertz CT molecular complexity index is 811. The number of carbonyl (C=O) groups excluding carboxylic acids is 1. The van der Waals surface area contributed by atoms with Gasteiger partial charge in [-0.15, -0.1) is 0 Å². The second-order valence-electron chi connectivity index (χ2n) is 8.20. The van der Waals surface area contributed by atoms with Gasteiger partial charge in [0.1, 0.15) is 11.6 Å². The van der Waals surface area contributed by atoms with Gasteiger partial charge in [0.05, 0.1) is 12.1 Å². The monoisotopic (exact) mass is 416 g/mol. The van der Waals surface area contributed by atoms with Crippen molar-refractivity contribution in [2.45, 2.75) is 69.7 Å². The Balaban J connectivity index is 1.63.